The van der Waals surface area contributed by atoms with E-state index >= 15 is 0 Å². The summed E-state index contributed by atoms with van der Waals surface area (Å²) < 4.78 is 2.14. The number of hydrogen-bond donors (Lipinski definition) is 1. The molecule has 0 aliphatic rings. The second kappa shape index (κ2) is 5.70. The second-order valence-electron chi connectivity index (χ2n) is 8.84. The largest absolute Gasteiger partial charge is 0.342 e. The number of para-hydroxylation sites is 2. The van der Waals surface area contributed by atoms with E-state index in [0.29, 0.717) is 0 Å². The molecule has 0 saturated carbocycles. The lowest BCUT2D eigenvalue weighted by Crippen LogP contribution is -2.22. The molecule has 4 aromatic rings. The highest BCUT2D eigenvalue weighted by molar-refractivity contribution is 5.75. The van der Waals surface area contributed by atoms with Gasteiger partial charge in [-0.1, -0.05) is 52.8 Å². The van der Waals surface area contributed by atoms with Gasteiger partial charge in [0.2, 0.25) is 0 Å². The van der Waals surface area contributed by atoms with Crippen molar-refractivity contribution >= 4 is 16.7 Å². The molecule has 1 N–H and O–H groups in total. The van der Waals surface area contributed by atoms with Gasteiger partial charge in [-0.3, -0.25) is 0 Å². The van der Waals surface area contributed by atoms with Crippen LogP contribution < -0.4 is 0 Å². The van der Waals surface area contributed by atoms with Gasteiger partial charge in [0.15, 0.2) is 0 Å². The Bertz CT molecular complexity index is 1040. The minimum Gasteiger partial charge on any atom is -0.342 e. The molecule has 1 aromatic carbocycles. The zero-order valence-corrected chi connectivity index (χ0v) is 16.2. The summed E-state index contributed by atoms with van der Waals surface area (Å²) in [6.07, 6.45) is 5.25. The van der Waals surface area contributed by atoms with E-state index in [0.717, 1.165) is 34.6 Å². The summed E-state index contributed by atoms with van der Waals surface area (Å²) in [4.78, 5) is 13.0. The third-order valence-corrected chi connectivity index (χ3v) is 4.96. The van der Waals surface area contributed by atoms with Gasteiger partial charge in [0.05, 0.1) is 16.7 Å². The number of imidazole rings is 2. The maximum atomic E-state index is 4.80. The smallest absolute Gasteiger partial charge is 0.137 e. The van der Waals surface area contributed by atoms with Crippen LogP contribution in [-0.2, 0) is 17.3 Å². The molecule has 3 heterocycles. The molecule has 26 heavy (non-hydrogen) atoms. The fourth-order valence-electron chi connectivity index (χ4n) is 3.37. The third-order valence-electron chi connectivity index (χ3n) is 4.96. The Morgan fingerprint density at radius 3 is 2.42 bits per heavy atom. The fraction of sp³-hybridized carbons (Fsp3) is 0.364. The van der Waals surface area contributed by atoms with E-state index in [-0.39, 0.29) is 10.8 Å². The van der Waals surface area contributed by atoms with Crippen LogP contribution in [0.25, 0.3) is 16.7 Å². The molecule has 0 saturated heterocycles. The van der Waals surface area contributed by atoms with E-state index in [9.17, 15) is 0 Å². The first-order chi connectivity index (χ1) is 12.2. The van der Waals surface area contributed by atoms with Gasteiger partial charge in [0.25, 0.3) is 0 Å². The Kier molecular flexibility index (Phi) is 3.69. The summed E-state index contributed by atoms with van der Waals surface area (Å²) in [5, 5.41) is 0. The zero-order chi connectivity index (χ0) is 18.5. The fourth-order valence-corrected chi connectivity index (χ4v) is 3.37. The number of aromatic amines is 1. The predicted octanol–water partition coefficient (Wildman–Crippen LogP) is 5.03. The van der Waals surface area contributed by atoms with Crippen molar-refractivity contribution in [3.63, 3.8) is 0 Å². The van der Waals surface area contributed by atoms with Gasteiger partial charge in [-0.05, 0) is 30.2 Å². The zero-order valence-electron chi connectivity index (χ0n) is 16.2. The summed E-state index contributed by atoms with van der Waals surface area (Å²) in [5.41, 5.74) is 5.48. The molecule has 4 nitrogen and oxygen atoms in total. The Labute approximate surface area is 154 Å². The molecule has 0 amide bonds. The summed E-state index contributed by atoms with van der Waals surface area (Å²) >= 11 is 0. The highest BCUT2D eigenvalue weighted by Crippen LogP contribution is 2.28. The number of pyridine rings is 1. The van der Waals surface area contributed by atoms with E-state index in [1.807, 2.05) is 12.1 Å². The van der Waals surface area contributed by atoms with Crippen molar-refractivity contribution in [2.24, 2.45) is 0 Å². The summed E-state index contributed by atoms with van der Waals surface area (Å²) in [5.74, 6) is 1.03. The molecule has 134 valence electrons. The van der Waals surface area contributed by atoms with Crippen LogP contribution in [0.3, 0.4) is 0 Å². The minimum absolute atomic E-state index is 0.0553. The van der Waals surface area contributed by atoms with Crippen molar-refractivity contribution in [3.05, 3.63) is 65.9 Å². The normalized spacial score (nSPS) is 13.0. The van der Waals surface area contributed by atoms with Gasteiger partial charge < -0.3 is 9.38 Å². The van der Waals surface area contributed by atoms with E-state index in [4.69, 9.17) is 9.97 Å². The number of hydrogen-bond acceptors (Lipinski definition) is 2. The minimum atomic E-state index is -0.0832. The maximum Gasteiger partial charge on any atom is 0.137 e. The van der Waals surface area contributed by atoms with Crippen LogP contribution in [0.4, 0.5) is 0 Å². The highest BCUT2D eigenvalue weighted by atomic mass is 15.0. The molecule has 0 unspecified atom stereocenters. The molecular formula is C22H26N4. The monoisotopic (exact) mass is 346 g/mol. The van der Waals surface area contributed by atoms with E-state index in [2.05, 4.69) is 80.7 Å². The molecule has 0 spiro atoms. The molecule has 0 radical (unpaired) electrons. The van der Waals surface area contributed by atoms with Crippen LogP contribution in [0, 0.1) is 0 Å². The molecule has 0 fully saturated rings. The predicted molar refractivity (Wildman–Crippen MR) is 107 cm³/mol. The van der Waals surface area contributed by atoms with E-state index in [1.54, 1.807) is 0 Å². The SMILES string of the molecule is CC(C)(C)c1cn2cc(CC(C)(C)c3nc4ccccc4[nH]3)ccc2n1. The van der Waals surface area contributed by atoms with E-state index in [1.165, 1.54) is 5.56 Å². The molecular weight excluding hydrogens is 320 g/mol. The molecule has 4 heteroatoms. The van der Waals surface area contributed by atoms with Crippen molar-refractivity contribution in [1.29, 1.82) is 0 Å². The first-order valence-corrected chi connectivity index (χ1v) is 9.16. The lowest BCUT2D eigenvalue weighted by atomic mass is 9.85. The molecule has 4 rings (SSSR count). The average Bonchev–Trinajstić information content (AvgIpc) is 3.18. The standard InChI is InChI=1S/C22H26N4/c1-21(2,3)18-14-26-13-15(10-11-19(26)25-18)12-22(4,5)20-23-16-8-6-7-9-17(16)24-20/h6-11,13-14H,12H2,1-5H3,(H,23,24). The Morgan fingerprint density at radius 1 is 0.923 bits per heavy atom. The van der Waals surface area contributed by atoms with Crippen LogP contribution in [0.15, 0.2) is 48.8 Å². The summed E-state index contributed by atoms with van der Waals surface area (Å²) in [7, 11) is 0. The lowest BCUT2D eigenvalue weighted by molar-refractivity contribution is 0.493. The average molecular weight is 346 g/mol. The maximum absolute atomic E-state index is 4.80. The second-order valence-corrected chi connectivity index (χ2v) is 8.84. The van der Waals surface area contributed by atoms with Crippen molar-refractivity contribution in [3.8, 4) is 0 Å². The molecule has 3 aromatic heterocycles. The first-order valence-electron chi connectivity index (χ1n) is 9.16. The van der Waals surface area contributed by atoms with Crippen LogP contribution in [0.1, 0.15) is 51.7 Å². The van der Waals surface area contributed by atoms with Crippen LogP contribution in [0.2, 0.25) is 0 Å². The highest BCUT2D eigenvalue weighted by Gasteiger charge is 2.25. The molecule has 0 aliphatic heterocycles. The summed E-state index contributed by atoms with van der Waals surface area (Å²) in [6, 6.07) is 12.5. The van der Waals surface area contributed by atoms with Crippen LogP contribution >= 0.6 is 0 Å². The Morgan fingerprint density at radius 2 is 1.69 bits per heavy atom. The Hall–Kier alpha value is -2.62. The van der Waals surface area contributed by atoms with Crippen molar-refractivity contribution in [2.75, 3.05) is 0 Å². The van der Waals surface area contributed by atoms with Gasteiger partial charge in [0, 0.05) is 23.2 Å². The first kappa shape index (κ1) is 16.8. The molecule has 0 bridgehead atoms. The van der Waals surface area contributed by atoms with Crippen LogP contribution in [0.5, 0.6) is 0 Å². The molecule has 0 aliphatic carbocycles. The van der Waals surface area contributed by atoms with Gasteiger partial charge in [-0.25, -0.2) is 9.97 Å². The third kappa shape index (κ3) is 3.00. The van der Waals surface area contributed by atoms with Gasteiger partial charge in [0.1, 0.15) is 11.5 Å². The van der Waals surface area contributed by atoms with Crippen molar-refractivity contribution < 1.29 is 0 Å². The van der Waals surface area contributed by atoms with Gasteiger partial charge in [-0.2, -0.15) is 0 Å². The van der Waals surface area contributed by atoms with Gasteiger partial charge in [-0.15, -0.1) is 0 Å². The Balaban J connectivity index is 1.66. The van der Waals surface area contributed by atoms with E-state index < -0.39 is 0 Å². The van der Waals surface area contributed by atoms with Crippen LogP contribution in [-0.4, -0.2) is 19.4 Å². The number of rotatable bonds is 3. The number of benzene rings is 1. The number of H-pyrrole nitrogens is 1. The van der Waals surface area contributed by atoms with Gasteiger partial charge >= 0.3 is 0 Å². The molecule has 0 atom stereocenters. The number of fused-ring (bicyclic) bond motifs is 2. The van der Waals surface area contributed by atoms with Crippen molar-refractivity contribution in [2.45, 2.75) is 51.9 Å². The number of nitrogens with one attached hydrogen (secondary N) is 1. The quantitative estimate of drug-likeness (QED) is 0.565. The number of aromatic nitrogens is 4. The lowest BCUT2D eigenvalue weighted by Gasteiger charge is -2.22. The number of nitrogens with zero attached hydrogens (tertiary/aromatic N) is 3. The topological polar surface area (TPSA) is 46.0 Å². The van der Waals surface area contributed by atoms with Crippen molar-refractivity contribution in [1.82, 2.24) is 19.4 Å². The summed E-state index contributed by atoms with van der Waals surface area (Å²) in [6.45, 7) is 11.1.